The van der Waals surface area contributed by atoms with Crippen LogP contribution in [0.5, 0.6) is 0 Å². The maximum Gasteiger partial charge on any atom is 0.230 e. The highest BCUT2D eigenvalue weighted by Crippen LogP contribution is 2.15. The Morgan fingerprint density at radius 1 is 1.53 bits per heavy atom. The average molecular weight is 256 g/mol. The largest absolute Gasteiger partial charge is 0.393 e. The number of nitrogens with one attached hydrogen (secondary N) is 1. The molecule has 3 N–H and O–H groups in total. The van der Waals surface area contributed by atoms with Crippen LogP contribution in [0.2, 0.25) is 0 Å². The van der Waals surface area contributed by atoms with E-state index in [-0.39, 0.29) is 24.8 Å². The van der Waals surface area contributed by atoms with E-state index in [0.29, 0.717) is 0 Å². The van der Waals surface area contributed by atoms with Gasteiger partial charge in [-0.05, 0) is 19.1 Å². The number of hydrogen-bond donors (Lipinski definition) is 3. The van der Waals surface area contributed by atoms with Crippen LogP contribution in [0.3, 0.4) is 0 Å². The SMILES string of the molecule is CC(O)(CO)CNC(=O)CSc1ccncc1. The van der Waals surface area contributed by atoms with Gasteiger partial charge < -0.3 is 15.5 Å². The van der Waals surface area contributed by atoms with Crippen LogP contribution in [-0.2, 0) is 4.79 Å². The van der Waals surface area contributed by atoms with E-state index in [9.17, 15) is 9.90 Å². The van der Waals surface area contributed by atoms with E-state index in [0.717, 1.165) is 4.90 Å². The third-order valence-electron chi connectivity index (χ3n) is 2.03. The number of aromatic nitrogens is 1. The number of rotatable bonds is 6. The van der Waals surface area contributed by atoms with Gasteiger partial charge in [-0.3, -0.25) is 9.78 Å². The van der Waals surface area contributed by atoms with Crippen molar-refractivity contribution >= 4 is 17.7 Å². The van der Waals surface area contributed by atoms with Crippen LogP contribution in [0.1, 0.15) is 6.92 Å². The van der Waals surface area contributed by atoms with Gasteiger partial charge in [0.2, 0.25) is 5.91 Å². The molecule has 1 amide bonds. The van der Waals surface area contributed by atoms with Crippen LogP contribution in [0.25, 0.3) is 0 Å². The molecule has 0 spiro atoms. The molecule has 1 heterocycles. The number of hydrogen-bond acceptors (Lipinski definition) is 5. The summed E-state index contributed by atoms with van der Waals surface area (Å²) in [5, 5.41) is 20.8. The molecule has 1 aromatic heterocycles. The maximum atomic E-state index is 11.4. The fourth-order valence-corrected chi connectivity index (χ4v) is 1.69. The van der Waals surface area contributed by atoms with E-state index in [2.05, 4.69) is 10.3 Å². The summed E-state index contributed by atoms with van der Waals surface area (Å²) in [6.45, 7) is 1.12. The second kappa shape index (κ2) is 6.58. The summed E-state index contributed by atoms with van der Waals surface area (Å²) in [6, 6.07) is 3.64. The lowest BCUT2D eigenvalue weighted by atomic mass is 10.1. The molecule has 0 aromatic carbocycles. The molecule has 1 aromatic rings. The van der Waals surface area contributed by atoms with Gasteiger partial charge in [-0.15, -0.1) is 11.8 Å². The van der Waals surface area contributed by atoms with Crippen LogP contribution in [0.15, 0.2) is 29.4 Å². The molecule has 0 fully saturated rings. The Labute approximate surface area is 104 Å². The maximum absolute atomic E-state index is 11.4. The van der Waals surface area contributed by atoms with E-state index in [1.807, 2.05) is 12.1 Å². The molecule has 0 saturated heterocycles. The van der Waals surface area contributed by atoms with Crippen LogP contribution < -0.4 is 5.32 Å². The number of aliphatic hydroxyl groups excluding tert-OH is 1. The summed E-state index contributed by atoms with van der Waals surface area (Å²) < 4.78 is 0. The zero-order valence-electron chi connectivity index (χ0n) is 9.59. The van der Waals surface area contributed by atoms with Crippen molar-refractivity contribution < 1.29 is 15.0 Å². The van der Waals surface area contributed by atoms with Crippen LogP contribution in [0.4, 0.5) is 0 Å². The molecular formula is C11H16N2O3S. The third-order valence-corrected chi connectivity index (χ3v) is 3.04. The summed E-state index contributed by atoms with van der Waals surface area (Å²) in [4.78, 5) is 16.3. The average Bonchev–Trinajstić information content (AvgIpc) is 2.35. The number of pyridine rings is 1. The molecule has 6 heteroatoms. The smallest absolute Gasteiger partial charge is 0.230 e. The lowest BCUT2D eigenvalue weighted by molar-refractivity contribution is -0.120. The molecule has 0 aliphatic heterocycles. The van der Waals surface area contributed by atoms with Gasteiger partial charge in [0.05, 0.1) is 12.4 Å². The Balaban J connectivity index is 2.27. The second-order valence-electron chi connectivity index (χ2n) is 3.90. The van der Waals surface area contributed by atoms with Crippen molar-refractivity contribution in [1.29, 1.82) is 0 Å². The third kappa shape index (κ3) is 5.67. The van der Waals surface area contributed by atoms with Crippen molar-refractivity contribution in [2.45, 2.75) is 17.4 Å². The molecular weight excluding hydrogens is 240 g/mol. The number of thioether (sulfide) groups is 1. The van der Waals surface area contributed by atoms with Gasteiger partial charge in [0.1, 0.15) is 5.60 Å². The molecule has 17 heavy (non-hydrogen) atoms. The minimum Gasteiger partial charge on any atom is -0.393 e. The fraction of sp³-hybridized carbons (Fsp3) is 0.455. The predicted molar refractivity (Wildman–Crippen MR) is 65.7 cm³/mol. The van der Waals surface area contributed by atoms with Crippen LogP contribution in [0, 0.1) is 0 Å². The summed E-state index contributed by atoms with van der Waals surface area (Å²) in [7, 11) is 0. The molecule has 94 valence electrons. The molecule has 1 rings (SSSR count). The first kappa shape index (κ1) is 14.0. The highest BCUT2D eigenvalue weighted by atomic mass is 32.2. The molecule has 0 saturated carbocycles. The second-order valence-corrected chi connectivity index (χ2v) is 4.95. The van der Waals surface area contributed by atoms with E-state index in [1.54, 1.807) is 12.4 Å². The number of carbonyl (C=O) groups is 1. The Morgan fingerprint density at radius 3 is 2.76 bits per heavy atom. The molecule has 5 nitrogen and oxygen atoms in total. The van der Waals surface area contributed by atoms with Crippen molar-refractivity contribution in [3.63, 3.8) is 0 Å². The zero-order valence-corrected chi connectivity index (χ0v) is 10.4. The first-order valence-electron chi connectivity index (χ1n) is 5.16. The highest BCUT2D eigenvalue weighted by molar-refractivity contribution is 8.00. The van der Waals surface area contributed by atoms with E-state index in [4.69, 9.17) is 5.11 Å². The Bertz CT molecular complexity index is 357. The number of carbonyl (C=O) groups excluding carboxylic acids is 1. The van der Waals surface area contributed by atoms with Gasteiger partial charge >= 0.3 is 0 Å². The van der Waals surface area contributed by atoms with E-state index >= 15 is 0 Å². The molecule has 0 aliphatic rings. The fourth-order valence-electron chi connectivity index (χ4n) is 0.979. The zero-order chi connectivity index (χ0) is 12.7. The standard InChI is InChI=1S/C11H16N2O3S/c1-11(16,8-14)7-13-10(15)6-17-9-2-4-12-5-3-9/h2-5,14,16H,6-8H2,1H3,(H,13,15). The van der Waals surface area contributed by atoms with Crippen LogP contribution in [-0.4, -0.2) is 45.6 Å². The number of amides is 1. The van der Waals surface area contributed by atoms with Gasteiger partial charge in [-0.25, -0.2) is 0 Å². The number of aliphatic hydroxyl groups is 2. The van der Waals surface area contributed by atoms with E-state index < -0.39 is 5.60 Å². The molecule has 0 aliphatic carbocycles. The van der Waals surface area contributed by atoms with Gasteiger partial charge in [0.25, 0.3) is 0 Å². The van der Waals surface area contributed by atoms with E-state index in [1.165, 1.54) is 18.7 Å². The lowest BCUT2D eigenvalue weighted by Gasteiger charge is -2.20. The molecule has 1 atom stereocenters. The first-order chi connectivity index (χ1) is 8.03. The van der Waals surface area contributed by atoms with Gasteiger partial charge in [0.15, 0.2) is 0 Å². The summed E-state index contributed by atoms with van der Waals surface area (Å²) in [5.74, 6) is 0.0893. The minimum atomic E-state index is -1.27. The van der Waals surface area contributed by atoms with Gasteiger partial charge in [0, 0.05) is 23.8 Å². The van der Waals surface area contributed by atoms with Crippen molar-refractivity contribution in [2.24, 2.45) is 0 Å². The first-order valence-corrected chi connectivity index (χ1v) is 6.15. The Hall–Kier alpha value is -1.11. The number of nitrogens with zero attached hydrogens (tertiary/aromatic N) is 1. The van der Waals surface area contributed by atoms with Crippen molar-refractivity contribution in [1.82, 2.24) is 10.3 Å². The molecule has 0 bridgehead atoms. The summed E-state index contributed by atoms with van der Waals surface area (Å²) in [5.41, 5.74) is -1.27. The van der Waals surface area contributed by atoms with Crippen molar-refractivity contribution in [2.75, 3.05) is 18.9 Å². The minimum absolute atomic E-state index is 0.0409. The van der Waals surface area contributed by atoms with Gasteiger partial charge in [-0.1, -0.05) is 0 Å². The highest BCUT2D eigenvalue weighted by Gasteiger charge is 2.19. The topological polar surface area (TPSA) is 82.5 Å². The quantitative estimate of drug-likeness (QED) is 0.626. The normalized spacial score (nSPS) is 14.1. The van der Waals surface area contributed by atoms with Crippen LogP contribution >= 0.6 is 11.8 Å². The Morgan fingerprint density at radius 2 is 2.18 bits per heavy atom. The predicted octanol–water partition coefficient (Wildman–Crippen LogP) is 0.0332. The van der Waals surface area contributed by atoms with Crippen molar-refractivity contribution in [3.8, 4) is 0 Å². The van der Waals surface area contributed by atoms with Crippen molar-refractivity contribution in [3.05, 3.63) is 24.5 Å². The van der Waals surface area contributed by atoms with Gasteiger partial charge in [-0.2, -0.15) is 0 Å². The monoisotopic (exact) mass is 256 g/mol. The Kier molecular flexibility index (Phi) is 5.40. The summed E-state index contributed by atoms with van der Waals surface area (Å²) >= 11 is 1.39. The molecule has 0 radical (unpaired) electrons. The lowest BCUT2D eigenvalue weighted by Crippen LogP contribution is -2.43. The molecule has 1 unspecified atom stereocenters. The summed E-state index contributed by atoms with van der Waals surface area (Å²) in [6.07, 6.45) is 3.33.